The normalized spacial score (nSPS) is 22.7. The maximum atomic E-state index is 9.68. The van der Waals surface area contributed by atoms with E-state index in [1.807, 2.05) is 12.1 Å². The van der Waals surface area contributed by atoms with Crippen LogP contribution in [0.2, 0.25) is 0 Å². The molecule has 4 nitrogen and oxygen atoms in total. The number of nitrogens with one attached hydrogen (secondary N) is 1. The number of benzene rings is 1. The Labute approximate surface area is 113 Å². The van der Waals surface area contributed by atoms with Gasteiger partial charge in [0.05, 0.1) is 19.3 Å². The maximum absolute atomic E-state index is 9.68. The van der Waals surface area contributed by atoms with Crippen molar-refractivity contribution in [1.82, 2.24) is 0 Å². The van der Waals surface area contributed by atoms with Crippen LogP contribution in [0.1, 0.15) is 31.2 Å². The third-order valence-electron chi connectivity index (χ3n) is 3.97. The molecule has 0 unspecified atom stereocenters. The smallest absolute Gasteiger partial charge is 0.163 e. The predicted octanol–water partition coefficient (Wildman–Crippen LogP) is 2.35. The van der Waals surface area contributed by atoms with Crippen LogP contribution < -0.4 is 14.8 Å². The topological polar surface area (TPSA) is 50.7 Å². The molecule has 1 heterocycles. The first-order valence-electron chi connectivity index (χ1n) is 7.06. The summed E-state index contributed by atoms with van der Waals surface area (Å²) in [7, 11) is 1.66. The summed E-state index contributed by atoms with van der Waals surface area (Å²) in [6.45, 7) is 0.599. The molecule has 1 aromatic carbocycles. The molecule has 0 bridgehead atoms. The standard InChI is InChI=1S/C15H21NO3/c1-18-14-7-10-6-11(17)9-16-13(10)8-15(14)19-12-4-2-3-5-12/h7-8,11-12,16-17H,2-6,9H2,1H3/t11-/m1/s1. The molecule has 1 fully saturated rings. The molecule has 19 heavy (non-hydrogen) atoms. The Morgan fingerprint density at radius 1 is 1.21 bits per heavy atom. The molecule has 1 aromatic rings. The van der Waals surface area contributed by atoms with Gasteiger partial charge in [-0.1, -0.05) is 0 Å². The van der Waals surface area contributed by atoms with Crippen molar-refractivity contribution in [3.8, 4) is 11.5 Å². The molecule has 0 amide bonds. The lowest BCUT2D eigenvalue weighted by molar-refractivity contribution is 0.183. The minimum atomic E-state index is -0.321. The zero-order chi connectivity index (χ0) is 13.2. The van der Waals surface area contributed by atoms with Crippen molar-refractivity contribution in [3.63, 3.8) is 0 Å². The van der Waals surface area contributed by atoms with Gasteiger partial charge >= 0.3 is 0 Å². The molecule has 1 atom stereocenters. The van der Waals surface area contributed by atoms with Gasteiger partial charge in [-0.2, -0.15) is 0 Å². The van der Waals surface area contributed by atoms with Gasteiger partial charge < -0.3 is 19.9 Å². The molecule has 0 radical (unpaired) electrons. The number of methoxy groups -OCH3 is 1. The number of ether oxygens (including phenoxy) is 2. The van der Waals surface area contributed by atoms with E-state index in [9.17, 15) is 5.11 Å². The van der Waals surface area contributed by atoms with Gasteiger partial charge in [0.2, 0.25) is 0 Å². The molecule has 2 N–H and O–H groups in total. The van der Waals surface area contributed by atoms with Gasteiger partial charge in [0.15, 0.2) is 11.5 Å². The fraction of sp³-hybridized carbons (Fsp3) is 0.600. The zero-order valence-corrected chi connectivity index (χ0v) is 11.3. The summed E-state index contributed by atoms with van der Waals surface area (Å²) in [5.74, 6) is 1.58. The maximum Gasteiger partial charge on any atom is 0.163 e. The number of β-amino-alcohol motifs (C(OH)–C–C–N with tert-alkyl or cyclic N) is 1. The van der Waals surface area contributed by atoms with Crippen LogP contribution in [0.15, 0.2) is 12.1 Å². The third kappa shape index (κ3) is 2.63. The van der Waals surface area contributed by atoms with Crippen molar-refractivity contribution >= 4 is 5.69 Å². The summed E-state index contributed by atoms with van der Waals surface area (Å²) >= 11 is 0. The summed E-state index contributed by atoms with van der Waals surface area (Å²) in [5, 5.41) is 12.9. The average Bonchev–Trinajstić information content (AvgIpc) is 2.91. The number of fused-ring (bicyclic) bond motifs is 1. The van der Waals surface area contributed by atoms with Gasteiger partial charge in [0, 0.05) is 24.7 Å². The van der Waals surface area contributed by atoms with Crippen LogP contribution >= 0.6 is 0 Å². The van der Waals surface area contributed by atoms with Gasteiger partial charge in [-0.05, 0) is 37.3 Å². The molecule has 0 aromatic heterocycles. The van der Waals surface area contributed by atoms with E-state index in [0.717, 1.165) is 35.6 Å². The van der Waals surface area contributed by atoms with Gasteiger partial charge in [0.1, 0.15) is 0 Å². The first kappa shape index (κ1) is 12.6. The van der Waals surface area contributed by atoms with Crippen LogP contribution in [0.4, 0.5) is 5.69 Å². The summed E-state index contributed by atoms with van der Waals surface area (Å²) in [4.78, 5) is 0. The molecular formula is C15H21NO3. The molecule has 0 saturated heterocycles. The van der Waals surface area contributed by atoms with E-state index in [0.29, 0.717) is 19.1 Å². The highest BCUT2D eigenvalue weighted by atomic mass is 16.5. The van der Waals surface area contributed by atoms with Crippen molar-refractivity contribution in [2.24, 2.45) is 0 Å². The molecular weight excluding hydrogens is 242 g/mol. The number of hydrogen-bond donors (Lipinski definition) is 2. The Morgan fingerprint density at radius 2 is 2.00 bits per heavy atom. The van der Waals surface area contributed by atoms with Gasteiger partial charge in [0.25, 0.3) is 0 Å². The first-order chi connectivity index (χ1) is 9.26. The van der Waals surface area contributed by atoms with E-state index < -0.39 is 0 Å². The van der Waals surface area contributed by atoms with Crippen LogP contribution in [-0.2, 0) is 6.42 Å². The van der Waals surface area contributed by atoms with Crippen molar-refractivity contribution in [2.45, 2.75) is 44.3 Å². The van der Waals surface area contributed by atoms with E-state index in [1.54, 1.807) is 7.11 Å². The van der Waals surface area contributed by atoms with E-state index in [-0.39, 0.29) is 6.10 Å². The van der Waals surface area contributed by atoms with Crippen molar-refractivity contribution in [3.05, 3.63) is 17.7 Å². The van der Waals surface area contributed by atoms with Crippen molar-refractivity contribution in [2.75, 3.05) is 19.0 Å². The van der Waals surface area contributed by atoms with Crippen LogP contribution in [-0.4, -0.2) is 31.0 Å². The zero-order valence-electron chi connectivity index (χ0n) is 11.3. The Morgan fingerprint density at radius 3 is 2.74 bits per heavy atom. The molecule has 0 spiro atoms. The van der Waals surface area contributed by atoms with E-state index in [4.69, 9.17) is 9.47 Å². The molecule has 1 saturated carbocycles. The van der Waals surface area contributed by atoms with E-state index in [2.05, 4.69) is 5.32 Å². The van der Waals surface area contributed by atoms with Gasteiger partial charge in [-0.25, -0.2) is 0 Å². The highest BCUT2D eigenvalue weighted by molar-refractivity contribution is 5.62. The third-order valence-corrected chi connectivity index (χ3v) is 3.97. The largest absolute Gasteiger partial charge is 0.493 e. The highest BCUT2D eigenvalue weighted by Gasteiger charge is 2.22. The Hall–Kier alpha value is -1.42. The number of aliphatic hydroxyl groups excluding tert-OH is 1. The second kappa shape index (κ2) is 5.29. The fourth-order valence-electron chi connectivity index (χ4n) is 2.93. The van der Waals surface area contributed by atoms with E-state index in [1.165, 1.54) is 12.8 Å². The summed E-state index contributed by atoms with van der Waals surface area (Å²) < 4.78 is 11.5. The molecule has 104 valence electrons. The lowest BCUT2D eigenvalue weighted by Gasteiger charge is -2.25. The van der Waals surface area contributed by atoms with Gasteiger partial charge in [-0.3, -0.25) is 0 Å². The Kier molecular flexibility index (Phi) is 3.51. The molecule has 1 aliphatic carbocycles. The Bertz CT molecular complexity index is 455. The average molecular weight is 263 g/mol. The fourth-order valence-corrected chi connectivity index (χ4v) is 2.93. The quantitative estimate of drug-likeness (QED) is 0.879. The SMILES string of the molecule is COc1cc2c(cc1OC1CCCC1)NC[C@H](O)C2. The van der Waals surface area contributed by atoms with Crippen LogP contribution in [0.25, 0.3) is 0 Å². The molecule has 4 heteroatoms. The molecule has 2 aliphatic rings. The van der Waals surface area contributed by atoms with Crippen molar-refractivity contribution in [1.29, 1.82) is 0 Å². The highest BCUT2D eigenvalue weighted by Crippen LogP contribution is 2.37. The number of anilines is 1. The second-order valence-electron chi connectivity index (χ2n) is 5.42. The lowest BCUT2D eigenvalue weighted by atomic mass is 10.0. The monoisotopic (exact) mass is 263 g/mol. The second-order valence-corrected chi connectivity index (χ2v) is 5.42. The summed E-state index contributed by atoms with van der Waals surface area (Å²) in [6.07, 6.45) is 5.44. The Balaban J connectivity index is 1.86. The lowest BCUT2D eigenvalue weighted by Crippen LogP contribution is -2.27. The van der Waals surface area contributed by atoms with Crippen LogP contribution in [0, 0.1) is 0 Å². The summed E-state index contributed by atoms with van der Waals surface area (Å²) in [5.41, 5.74) is 2.15. The van der Waals surface area contributed by atoms with Gasteiger partial charge in [-0.15, -0.1) is 0 Å². The molecule has 3 rings (SSSR count). The number of rotatable bonds is 3. The molecule has 1 aliphatic heterocycles. The summed E-state index contributed by atoms with van der Waals surface area (Å²) in [6, 6.07) is 3.99. The van der Waals surface area contributed by atoms with E-state index >= 15 is 0 Å². The predicted molar refractivity (Wildman–Crippen MR) is 74.1 cm³/mol. The van der Waals surface area contributed by atoms with Crippen LogP contribution in [0.5, 0.6) is 11.5 Å². The first-order valence-corrected chi connectivity index (χ1v) is 7.06. The van der Waals surface area contributed by atoms with Crippen LogP contribution in [0.3, 0.4) is 0 Å². The minimum Gasteiger partial charge on any atom is -0.493 e. The number of hydrogen-bond acceptors (Lipinski definition) is 4. The minimum absolute atomic E-state index is 0.320. The van der Waals surface area contributed by atoms with Crippen molar-refractivity contribution < 1.29 is 14.6 Å². The number of aliphatic hydroxyl groups is 1.